The minimum absolute atomic E-state index is 0.182. The molecule has 1 aromatic rings. The molecule has 1 amide bonds. The van der Waals surface area contributed by atoms with E-state index in [0.29, 0.717) is 12.5 Å². The van der Waals surface area contributed by atoms with E-state index >= 15 is 0 Å². The van der Waals surface area contributed by atoms with Gasteiger partial charge in [-0.05, 0) is 53.5 Å². The van der Waals surface area contributed by atoms with Crippen LogP contribution in [0.25, 0.3) is 0 Å². The molecule has 4 N–H and O–H groups in total. The molecule has 0 aliphatic heterocycles. The lowest BCUT2D eigenvalue weighted by Crippen LogP contribution is -2.44. The van der Waals surface area contributed by atoms with Crippen molar-refractivity contribution in [1.29, 1.82) is 0 Å². The van der Waals surface area contributed by atoms with Crippen LogP contribution in [0, 0.1) is 19.3 Å². The van der Waals surface area contributed by atoms with Gasteiger partial charge in [-0.3, -0.25) is 14.5 Å². The summed E-state index contributed by atoms with van der Waals surface area (Å²) in [6.07, 6.45) is 0.856. The Hall–Kier alpha value is -2.05. The maximum Gasteiger partial charge on any atom is 0.224 e. The highest BCUT2D eigenvalue weighted by Crippen LogP contribution is 2.15. The average molecular weight is 336 g/mol. The highest BCUT2D eigenvalue weighted by atomic mass is 16.1. The molecule has 1 aromatic heterocycles. The van der Waals surface area contributed by atoms with Crippen LogP contribution >= 0.6 is 0 Å². The maximum absolute atomic E-state index is 11.4. The van der Waals surface area contributed by atoms with Crippen molar-refractivity contribution < 1.29 is 4.79 Å². The van der Waals surface area contributed by atoms with Crippen LogP contribution < -0.4 is 16.4 Å². The van der Waals surface area contributed by atoms with Gasteiger partial charge >= 0.3 is 0 Å². The number of nitrogens with two attached hydrogens (primary N) is 1. The monoisotopic (exact) mass is 336 g/mol. The number of carbonyl (C=O) groups excluding carboxylic acids is 1. The summed E-state index contributed by atoms with van der Waals surface area (Å²) in [4.78, 5) is 15.9. The zero-order valence-corrected chi connectivity index (χ0v) is 16.0. The Morgan fingerprint density at radius 3 is 2.50 bits per heavy atom. The average Bonchev–Trinajstić information content (AvgIpc) is 2.71. The minimum Gasteiger partial charge on any atom is -0.369 e. The van der Waals surface area contributed by atoms with Crippen LogP contribution in [0.4, 0.5) is 0 Å². The Morgan fingerprint density at radius 1 is 1.42 bits per heavy atom. The van der Waals surface area contributed by atoms with E-state index in [0.717, 1.165) is 18.7 Å². The Kier molecular flexibility index (Phi) is 6.81. The number of amides is 1. The fourth-order valence-electron chi connectivity index (χ4n) is 2.38. The van der Waals surface area contributed by atoms with Gasteiger partial charge in [-0.25, -0.2) is 0 Å². The first-order valence-corrected chi connectivity index (χ1v) is 8.42. The van der Waals surface area contributed by atoms with Crippen LogP contribution in [0.5, 0.6) is 0 Å². The Bertz CT molecular complexity index is 602. The molecule has 0 saturated heterocycles. The van der Waals surface area contributed by atoms with Crippen molar-refractivity contribution in [2.24, 2.45) is 23.2 Å². The summed E-state index contributed by atoms with van der Waals surface area (Å²) in [5, 5.41) is 11.1. The van der Waals surface area contributed by atoms with Gasteiger partial charge in [0.25, 0.3) is 0 Å². The van der Waals surface area contributed by atoms with Gasteiger partial charge in [0.2, 0.25) is 5.91 Å². The lowest BCUT2D eigenvalue weighted by molar-refractivity contribution is -0.125. The molecule has 1 atom stereocenters. The van der Waals surface area contributed by atoms with Gasteiger partial charge in [0.1, 0.15) is 0 Å². The summed E-state index contributed by atoms with van der Waals surface area (Å²) in [6.45, 7) is 12.9. The predicted molar refractivity (Wildman–Crippen MR) is 97.9 cm³/mol. The van der Waals surface area contributed by atoms with Gasteiger partial charge in [0.15, 0.2) is 5.96 Å². The van der Waals surface area contributed by atoms with E-state index in [1.54, 1.807) is 13.8 Å². The third kappa shape index (κ3) is 5.25. The summed E-state index contributed by atoms with van der Waals surface area (Å²) in [5.74, 6) is 0.343. The third-order valence-electron chi connectivity index (χ3n) is 4.20. The molecule has 7 nitrogen and oxygen atoms in total. The molecule has 0 saturated carbocycles. The zero-order valence-electron chi connectivity index (χ0n) is 16.0. The van der Waals surface area contributed by atoms with Crippen molar-refractivity contribution in [3.8, 4) is 0 Å². The largest absolute Gasteiger partial charge is 0.369 e. The topological polar surface area (TPSA) is 97.3 Å². The van der Waals surface area contributed by atoms with Gasteiger partial charge in [-0.1, -0.05) is 0 Å². The third-order valence-corrected chi connectivity index (χ3v) is 4.20. The quantitative estimate of drug-likeness (QED) is 0.512. The maximum atomic E-state index is 11.4. The van der Waals surface area contributed by atoms with E-state index in [2.05, 4.69) is 34.6 Å². The molecule has 0 aliphatic carbocycles. The lowest BCUT2D eigenvalue weighted by Gasteiger charge is -2.21. The number of aliphatic imine (C=N–C) groups is 1. The number of carbonyl (C=O) groups is 1. The van der Waals surface area contributed by atoms with E-state index in [1.165, 1.54) is 11.3 Å². The molecule has 24 heavy (non-hydrogen) atoms. The Morgan fingerprint density at radius 2 is 2.04 bits per heavy atom. The molecule has 1 heterocycles. The molecule has 7 heteroatoms. The first-order valence-electron chi connectivity index (χ1n) is 8.42. The zero-order chi connectivity index (χ0) is 18.5. The Balaban J connectivity index is 2.79. The summed E-state index contributed by atoms with van der Waals surface area (Å²) >= 11 is 0. The van der Waals surface area contributed by atoms with Crippen molar-refractivity contribution in [3.05, 3.63) is 17.0 Å². The lowest BCUT2D eigenvalue weighted by atomic mass is 9.93. The van der Waals surface area contributed by atoms with Crippen molar-refractivity contribution in [2.75, 3.05) is 13.1 Å². The van der Waals surface area contributed by atoms with Crippen molar-refractivity contribution in [1.82, 2.24) is 20.4 Å². The van der Waals surface area contributed by atoms with Crippen molar-refractivity contribution in [3.63, 3.8) is 0 Å². The fraction of sp³-hybridized carbons (Fsp3) is 0.706. The predicted octanol–water partition coefficient (Wildman–Crippen LogP) is 1.03. The summed E-state index contributed by atoms with van der Waals surface area (Å²) in [7, 11) is 1.96. The second-order valence-electron chi connectivity index (χ2n) is 6.97. The van der Waals surface area contributed by atoms with Crippen LogP contribution in [0.2, 0.25) is 0 Å². The molecule has 1 unspecified atom stereocenters. The second-order valence-corrected chi connectivity index (χ2v) is 6.97. The Labute approximate surface area is 145 Å². The van der Waals surface area contributed by atoms with E-state index in [-0.39, 0.29) is 11.9 Å². The number of aryl methyl sites for hydroxylation is 2. The summed E-state index contributed by atoms with van der Waals surface area (Å²) < 4.78 is 1.91. The van der Waals surface area contributed by atoms with E-state index in [4.69, 9.17) is 5.73 Å². The molecule has 0 radical (unpaired) electrons. The second kappa shape index (κ2) is 8.17. The van der Waals surface area contributed by atoms with Crippen LogP contribution in [-0.2, 0) is 18.3 Å². The molecular formula is C17H32N6O. The van der Waals surface area contributed by atoms with E-state index in [9.17, 15) is 4.79 Å². The summed E-state index contributed by atoms with van der Waals surface area (Å²) in [6, 6.07) is 0.182. The molecular weight excluding hydrogens is 304 g/mol. The normalized spacial score (nSPS) is 13.7. The number of aromatic nitrogens is 2. The van der Waals surface area contributed by atoms with Gasteiger partial charge < -0.3 is 16.4 Å². The van der Waals surface area contributed by atoms with Crippen molar-refractivity contribution in [2.45, 2.75) is 54.0 Å². The number of nitrogens with zero attached hydrogens (tertiary/aromatic N) is 3. The molecule has 0 fully saturated rings. The molecule has 1 rings (SSSR count). The number of primary amides is 1. The number of nitrogens with one attached hydrogen (secondary N) is 2. The van der Waals surface area contributed by atoms with Crippen LogP contribution in [0.1, 0.15) is 44.6 Å². The highest BCUT2D eigenvalue weighted by molar-refractivity contribution is 5.82. The highest BCUT2D eigenvalue weighted by Gasteiger charge is 2.24. The van der Waals surface area contributed by atoms with Gasteiger partial charge in [-0.15, -0.1) is 0 Å². The van der Waals surface area contributed by atoms with Crippen LogP contribution in [0.3, 0.4) is 0 Å². The summed E-state index contributed by atoms with van der Waals surface area (Å²) in [5.41, 5.74) is 8.24. The van der Waals surface area contributed by atoms with E-state index < -0.39 is 5.41 Å². The first-order chi connectivity index (χ1) is 11.1. The molecule has 136 valence electrons. The molecule has 0 aliphatic rings. The molecule has 0 spiro atoms. The van der Waals surface area contributed by atoms with Gasteiger partial charge in [-0.2, -0.15) is 5.10 Å². The number of hydrogen-bond acceptors (Lipinski definition) is 3. The standard InChI is InChI=1S/C17H32N6O/c1-8-19-16(20-10-17(5,6)15(18)24)21-11(2)9-14-12(3)22-23(7)13(14)4/h11H,8-10H2,1-7H3,(H2,18,24)(H2,19,20,21). The molecule has 0 bridgehead atoms. The smallest absolute Gasteiger partial charge is 0.224 e. The fourth-order valence-corrected chi connectivity index (χ4v) is 2.38. The van der Waals surface area contributed by atoms with Gasteiger partial charge in [0.05, 0.1) is 17.7 Å². The van der Waals surface area contributed by atoms with Crippen molar-refractivity contribution >= 4 is 11.9 Å². The van der Waals surface area contributed by atoms with Crippen LogP contribution in [-0.4, -0.2) is 40.8 Å². The number of guanidine groups is 1. The number of hydrogen-bond donors (Lipinski definition) is 3. The van der Waals surface area contributed by atoms with E-state index in [1.807, 2.05) is 25.6 Å². The minimum atomic E-state index is -0.665. The number of rotatable bonds is 7. The molecule has 0 aromatic carbocycles. The van der Waals surface area contributed by atoms with Gasteiger partial charge in [0, 0.05) is 25.3 Å². The van der Waals surface area contributed by atoms with Crippen LogP contribution in [0.15, 0.2) is 4.99 Å². The first kappa shape index (κ1) is 20.0. The SMILES string of the molecule is CCNC(=NCC(C)(C)C(N)=O)NC(C)Cc1c(C)nn(C)c1C.